The van der Waals surface area contributed by atoms with Gasteiger partial charge < -0.3 is 20.1 Å². The van der Waals surface area contributed by atoms with E-state index in [4.69, 9.17) is 12.2 Å². The van der Waals surface area contributed by atoms with Gasteiger partial charge in [0.2, 0.25) is 0 Å². The van der Waals surface area contributed by atoms with E-state index in [9.17, 15) is 9.90 Å². The zero-order valence-electron chi connectivity index (χ0n) is 7.56. The Bertz CT molecular complexity index is 210. The van der Waals surface area contributed by atoms with Crippen LogP contribution in [0.5, 0.6) is 0 Å². The number of likely N-dealkylation sites (N-methyl/N-ethyl adjacent to an activating group) is 1. The smallest absolute Gasteiger partial charge is 0.145 e. The molecule has 1 aliphatic rings. The second-order valence-corrected chi connectivity index (χ2v) is 3.57. The van der Waals surface area contributed by atoms with Crippen LogP contribution in [0.2, 0.25) is 0 Å². The molecule has 0 saturated carbocycles. The topological polar surface area (TPSA) is 52.6 Å². The number of hydrogen-bond acceptors (Lipinski definition) is 4. The zero-order chi connectivity index (χ0) is 9.84. The summed E-state index contributed by atoms with van der Waals surface area (Å²) in [6.07, 6.45) is 0.819. The summed E-state index contributed by atoms with van der Waals surface area (Å²) in [5.41, 5.74) is 0. The molecular formula is C8H14N2O2S. The molecule has 4 nitrogen and oxygen atoms in total. The lowest BCUT2D eigenvalue weighted by atomic mass is 10.2. The van der Waals surface area contributed by atoms with Crippen molar-refractivity contribution in [2.75, 3.05) is 20.1 Å². The number of rotatable bonds is 3. The minimum absolute atomic E-state index is 0.444. The highest BCUT2D eigenvalue weighted by atomic mass is 32.1. The van der Waals surface area contributed by atoms with Gasteiger partial charge in [-0.1, -0.05) is 12.2 Å². The molecule has 0 aromatic rings. The van der Waals surface area contributed by atoms with E-state index in [1.165, 1.54) is 0 Å². The molecule has 1 fully saturated rings. The van der Waals surface area contributed by atoms with Gasteiger partial charge in [0.1, 0.15) is 12.3 Å². The second-order valence-electron chi connectivity index (χ2n) is 3.10. The predicted octanol–water partition coefficient (Wildman–Crippen LogP) is -0.833. The minimum Gasteiger partial charge on any atom is -0.390 e. The SMILES string of the molecule is CNCC(=S)N1CCC(O)[C@H]1C=O. The van der Waals surface area contributed by atoms with Crippen molar-refractivity contribution < 1.29 is 9.90 Å². The van der Waals surface area contributed by atoms with Gasteiger partial charge in [-0.15, -0.1) is 0 Å². The van der Waals surface area contributed by atoms with Crippen LogP contribution in [0.4, 0.5) is 0 Å². The molecule has 1 aliphatic heterocycles. The Kier molecular flexibility index (Phi) is 3.77. The van der Waals surface area contributed by atoms with E-state index < -0.39 is 12.1 Å². The maximum Gasteiger partial charge on any atom is 0.145 e. The van der Waals surface area contributed by atoms with Gasteiger partial charge in [0, 0.05) is 13.1 Å². The molecule has 1 saturated heterocycles. The third-order valence-electron chi connectivity index (χ3n) is 2.21. The largest absolute Gasteiger partial charge is 0.390 e. The van der Waals surface area contributed by atoms with Crippen LogP contribution in [0.25, 0.3) is 0 Å². The summed E-state index contributed by atoms with van der Waals surface area (Å²) in [6, 6.07) is -0.444. The number of nitrogens with one attached hydrogen (secondary N) is 1. The molecule has 1 rings (SSSR count). The Morgan fingerprint density at radius 3 is 3.08 bits per heavy atom. The third kappa shape index (κ3) is 2.24. The Labute approximate surface area is 82.9 Å². The molecule has 0 spiro atoms. The maximum absolute atomic E-state index is 10.7. The molecule has 0 bridgehead atoms. The first-order valence-electron chi connectivity index (χ1n) is 4.28. The standard InChI is InChI=1S/C8H14N2O2S/c1-9-4-8(13)10-3-2-7(12)6(10)5-11/h5-7,9,12H,2-4H2,1H3/t6-,7?/m1/s1. The van der Waals surface area contributed by atoms with Crippen LogP contribution in [0.1, 0.15) is 6.42 Å². The average Bonchev–Trinajstić information content (AvgIpc) is 2.47. The van der Waals surface area contributed by atoms with E-state index >= 15 is 0 Å². The molecule has 13 heavy (non-hydrogen) atoms. The summed E-state index contributed by atoms with van der Waals surface area (Å²) >= 11 is 5.10. The minimum atomic E-state index is -0.563. The fourth-order valence-corrected chi connectivity index (χ4v) is 1.86. The fourth-order valence-electron chi connectivity index (χ4n) is 1.51. The molecule has 0 aliphatic carbocycles. The van der Waals surface area contributed by atoms with Gasteiger partial charge in [0.15, 0.2) is 0 Å². The first kappa shape index (κ1) is 10.6. The van der Waals surface area contributed by atoms with E-state index in [1.807, 2.05) is 0 Å². The number of aliphatic hydroxyl groups excluding tert-OH is 1. The number of carbonyl (C=O) groups is 1. The molecule has 2 N–H and O–H groups in total. The van der Waals surface area contributed by atoms with Crippen molar-refractivity contribution in [3.63, 3.8) is 0 Å². The summed E-state index contributed by atoms with van der Waals surface area (Å²) in [6.45, 7) is 1.25. The number of carbonyl (C=O) groups excluding carboxylic acids is 1. The van der Waals surface area contributed by atoms with E-state index in [-0.39, 0.29) is 0 Å². The lowest BCUT2D eigenvalue weighted by Crippen LogP contribution is -2.43. The molecule has 74 valence electrons. The van der Waals surface area contributed by atoms with Crippen molar-refractivity contribution in [2.24, 2.45) is 0 Å². The zero-order valence-corrected chi connectivity index (χ0v) is 8.38. The number of nitrogens with zero attached hydrogens (tertiary/aromatic N) is 1. The van der Waals surface area contributed by atoms with Crippen molar-refractivity contribution in [1.82, 2.24) is 10.2 Å². The van der Waals surface area contributed by atoms with Crippen LogP contribution in [0.15, 0.2) is 0 Å². The predicted molar refractivity (Wildman–Crippen MR) is 53.7 cm³/mol. The fraction of sp³-hybridized carbons (Fsp3) is 0.750. The van der Waals surface area contributed by atoms with Crippen molar-refractivity contribution >= 4 is 23.5 Å². The van der Waals surface area contributed by atoms with Gasteiger partial charge in [-0.05, 0) is 13.5 Å². The Hall–Kier alpha value is -0.520. The highest BCUT2D eigenvalue weighted by Crippen LogP contribution is 2.16. The van der Waals surface area contributed by atoms with Crippen LogP contribution in [-0.4, -0.2) is 53.6 Å². The number of likely N-dealkylation sites (tertiary alicyclic amines) is 1. The lowest BCUT2D eigenvalue weighted by molar-refractivity contribution is -0.112. The van der Waals surface area contributed by atoms with Gasteiger partial charge >= 0.3 is 0 Å². The first-order valence-corrected chi connectivity index (χ1v) is 4.69. The molecule has 0 radical (unpaired) electrons. The normalized spacial score (nSPS) is 27.7. The Morgan fingerprint density at radius 1 is 1.85 bits per heavy atom. The van der Waals surface area contributed by atoms with Gasteiger partial charge in [0.25, 0.3) is 0 Å². The van der Waals surface area contributed by atoms with Crippen LogP contribution in [0, 0.1) is 0 Å². The van der Waals surface area contributed by atoms with Crippen LogP contribution in [-0.2, 0) is 4.79 Å². The second kappa shape index (κ2) is 4.64. The van der Waals surface area contributed by atoms with Crippen molar-refractivity contribution in [3.05, 3.63) is 0 Å². The monoisotopic (exact) mass is 202 g/mol. The van der Waals surface area contributed by atoms with Gasteiger partial charge in [0.05, 0.1) is 11.1 Å². The van der Waals surface area contributed by atoms with Crippen LogP contribution in [0.3, 0.4) is 0 Å². The highest BCUT2D eigenvalue weighted by molar-refractivity contribution is 7.80. The molecule has 0 amide bonds. The highest BCUT2D eigenvalue weighted by Gasteiger charge is 2.33. The summed E-state index contributed by atoms with van der Waals surface area (Å²) in [4.78, 5) is 13.1. The average molecular weight is 202 g/mol. The summed E-state index contributed by atoms with van der Waals surface area (Å²) in [7, 11) is 1.80. The van der Waals surface area contributed by atoms with Crippen molar-refractivity contribution in [2.45, 2.75) is 18.6 Å². The molecule has 0 aromatic carbocycles. The van der Waals surface area contributed by atoms with Crippen LogP contribution < -0.4 is 5.32 Å². The van der Waals surface area contributed by atoms with E-state index in [1.54, 1.807) is 11.9 Å². The van der Waals surface area contributed by atoms with E-state index in [2.05, 4.69) is 5.32 Å². The number of aldehydes is 1. The molecule has 0 aromatic heterocycles. The van der Waals surface area contributed by atoms with Gasteiger partial charge in [-0.3, -0.25) is 0 Å². The molecule has 1 unspecified atom stereocenters. The van der Waals surface area contributed by atoms with Gasteiger partial charge in [-0.2, -0.15) is 0 Å². The Balaban J connectivity index is 2.59. The summed E-state index contributed by atoms with van der Waals surface area (Å²) in [5, 5.41) is 12.3. The molecule has 5 heteroatoms. The molecule has 2 atom stereocenters. The van der Waals surface area contributed by atoms with E-state index in [0.29, 0.717) is 24.5 Å². The summed E-state index contributed by atoms with van der Waals surface area (Å²) in [5.74, 6) is 0. The molecule has 1 heterocycles. The Morgan fingerprint density at radius 2 is 2.54 bits per heavy atom. The number of aliphatic hydroxyl groups is 1. The van der Waals surface area contributed by atoms with Crippen LogP contribution >= 0.6 is 12.2 Å². The third-order valence-corrected chi connectivity index (χ3v) is 2.59. The van der Waals surface area contributed by atoms with Crippen molar-refractivity contribution in [1.29, 1.82) is 0 Å². The number of thiocarbonyl (C=S) groups is 1. The van der Waals surface area contributed by atoms with Gasteiger partial charge in [-0.25, -0.2) is 0 Å². The molecular weight excluding hydrogens is 188 g/mol. The van der Waals surface area contributed by atoms with E-state index in [0.717, 1.165) is 6.29 Å². The van der Waals surface area contributed by atoms with Crippen molar-refractivity contribution in [3.8, 4) is 0 Å². The lowest BCUT2D eigenvalue weighted by Gasteiger charge is -2.23. The maximum atomic E-state index is 10.7. The summed E-state index contributed by atoms with van der Waals surface area (Å²) < 4.78 is 0. The first-order chi connectivity index (χ1) is 6.20. The quantitative estimate of drug-likeness (QED) is 0.462. The number of hydrogen-bond donors (Lipinski definition) is 2.